The molecule has 0 unspecified atom stereocenters. The second-order valence-electron chi connectivity index (χ2n) is 6.41. The molecule has 28 heavy (non-hydrogen) atoms. The molecule has 0 aliphatic heterocycles. The Kier molecular flexibility index (Phi) is 5.81. The molecular weight excluding hydrogens is 368 g/mol. The third-order valence-corrected chi connectivity index (χ3v) is 3.87. The van der Waals surface area contributed by atoms with E-state index in [-0.39, 0.29) is 17.3 Å². The van der Waals surface area contributed by atoms with Crippen LogP contribution in [0, 0.1) is 11.6 Å². The van der Waals surface area contributed by atoms with Crippen LogP contribution in [0.5, 0.6) is 0 Å². The molecule has 6 nitrogen and oxygen atoms in total. The molecule has 0 radical (unpaired) electrons. The highest BCUT2D eigenvalue weighted by Crippen LogP contribution is 2.32. The average molecular weight is 387 g/mol. The Hall–Kier alpha value is -3.10. The first-order valence-corrected chi connectivity index (χ1v) is 8.43. The van der Waals surface area contributed by atoms with E-state index in [9.17, 15) is 13.6 Å². The molecule has 1 heterocycles. The van der Waals surface area contributed by atoms with E-state index >= 15 is 0 Å². The summed E-state index contributed by atoms with van der Waals surface area (Å²) in [4.78, 5) is 17.6. The molecule has 8 heteroatoms. The van der Waals surface area contributed by atoms with Crippen molar-refractivity contribution in [3.63, 3.8) is 0 Å². The molecule has 2 aromatic carbocycles. The molecule has 0 bridgehead atoms. The summed E-state index contributed by atoms with van der Waals surface area (Å²) in [5.74, 6) is -2.86. The minimum atomic E-state index is -0.861. The molecule has 146 valence electrons. The minimum absolute atomic E-state index is 0.0471. The molecule has 3 rings (SSSR count). The summed E-state index contributed by atoms with van der Waals surface area (Å²) in [6.07, 6.45) is 0. The van der Waals surface area contributed by atoms with Crippen LogP contribution in [0.25, 0.3) is 22.8 Å². The van der Waals surface area contributed by atoms with E-state index in [1.54, 1.807) is 24.3 Å². The first-order chi connectivity index (χ1) is 13.4. The molecule has 1 amide bonds. The zero-order valence-electron chi connectivity index (χ0n) is 15.4. The second-order valence-corrected chi connectivity index (χ2v) is 6.41. The number of hydrogen-bond donors (Lipinski definition) is 1. The van der Waals surface area contributed by atoms with E-state index in [0.29, 0.717) is 18.9 Å². The normalized spacial score (nSPS) is 11.2. The summed E-state index contributed by atoms with van der Waals surface area (Å²) in [6.45, 7) is 0.885. The van der Waals surface area contributed by atoms with Crippen LogP contribution in [-0.4, -0.2) is 36.6 Å². The number of rotatable bonds is 7. The maximum atomic E-state index is 14.0. The zero-order chi connectivity index (χ0) is 20.3. The fourth-order valence-corrected chi connectivity index (χ4v) is 2.59. The van der Waals surface area contributed by atoms with Crippen molar-refractivity contribution in [2.45, 2.75) is 6.61 Å². The Morgan fingerprint density at radius 1 is 1.14 bits per heavy atom. The fraction of sp³-hybridized carbons (Fsp3) is 0.200. The van der Waals surface area contributed by atoms with Crippen molar-refractivity contribution in [1.82, 2.24) is 9.88 Å². The number of benzene rings is 2. The number of aromatic nitrogens is 1. The molecule has 0 atom stereocenters. The maximum Gasteiger partial charge on any atom is 0.271 e. The van der Waals surface area contributed by atoms with Crippen molar-refractivity contribution in [1.29, 1.82) is 0 Å². The van der Waals surface area contributed by atoms with Crippen LogP contribution >= 0.6 is 0 Å². The first kappa shape index (κ1) is 19.7. The Morgan fingerprint density at radius 2 is 1.79 bits per heavy atom. The van der Waals surface area contributed by atoms with Gasteiger partial charge in [-0.15, -0.1) is 0 Å². The number of oxazole rings is 1. The first-order valence-electron chi connectivity index (χ1n) is 8.43. The van der Waals surface area contributed by atoms with Gasteiger partial charge in [0, 0.05) is 5.56 Å². The largest absolute Gasteiger partial charge is 0.435 e. The zero-order valence-corrected chi connectivity index (χ0v) is 15.4. The van der Waals surface area contributed by atoms with Gasteiger partial charge in [0.15, 0.2) is 11.5 Å². The second kappa shape index (κ2) is 8.28. The van der Waals surface area contributed by atoms with Gasteiger partial charge in [-0.05, 0) is 31.8 Å². The molecule has 0 aliphatic carbocycles. The third-order valence-electron chi connectivity index (χ3n) is 3.87. The van der Waals surface area contributed by atoms with E-state index in [1.165, 1.54) is 6.07 Å². The predicted octanol–water partition coefficient (Wildman–Crippen LogP) is 3.42. The third kappa shape index (κ3) is 4.24. The lowest BCUT2D eigenvalue weighted by molar-refractivity contribution is 0.0451. The number of ether oxygens (including phenoxy) is 1. The Bertz CT molecular complexity index is 965. The molecule has 0 aliphatic rings. The van der Waals surface area contributed by atoms with Gasteiger partial charge in [0.2, 0.25) is 5.89 Å². The lowest BCUT2D eigenvalue weighted by Crippen LogP contribution is -2.15. The van der Waals surface area contributed by atoms with E-state index in [1.807, 2.05) is 19.0 Å². The van der Waals surface area contributed by atoms with Gasteiger partial charge in [-0.2, -0.15) is 0 Å². The van der Waals surface area contributed by atoms with Crippen molar-refractivity contribution in [2.24, 2.45) is 5.73 Å². The summed E-state index contributed by atoms with van der Waals surface area (Å²) in [7, 11) is 3.79. The lowest BCUT2D eigenvalue weighted by atomic mass is 10.1. The molecule has 0 saturated carbocycles. The number of halogens is 2. The fourth-order valence-electron chi connectivity index (χ4n) is 2.59. The van der Waals surface area contributed by atoms with Crippen LogP contribution in [-0.2, 0) is 11.3 Å². The van der Waals surface area contributed by atoms with Crippen LogP contribution in [0.15, 0.2) is 46.9 Å². The van der Waals surface area contributed by atoms with Gasteiger partial charge in [0.05, 0.1) is 13.3 Å². The molecule has 0 spiro atoms. The molecule has 0 saturated heterocycles. The smallest absolute Gasteiger partial charge is 0.271 e. The average Bonchev–Trinajstić information content (AvgIpc) is 3.07. The van der Waals surface area contributed by atoms with Crippen molar-refractivity contribution in [3.8, 4) is 22.8 Å². The van der Waals surface area contributed by atoms with E-state index in [2.05, 4.69) is 4.98 Å². The van der Waals surface area contributed by atoms with Crippen LogP contribution < -0.4 is 5.73 Å². The van der Waals surface area contributed by atoms with Gasteiger partial charge in [-0.25, -0.2) is 13.8 Å². The number of hydrogen-bond acceptors (Lipinski definition) is 5. The molecule has 0 fully saturated rings. The summed E-state index contributed by atoms with van der Waals surface area (Å²) >= 11 is 0. The van der Waals surface area contributed by atoms with Crippen molar-refractivity contribution in [3.05, 3.63) is 65.4 Å². The van der Waals surface area contributed by atoms with Gasteiger partial charge in [0.25, 0.3) is 5.91 Å². The van der Waals surface area contributed by atoms with Crippen LogP contribution in [0.1, 0.15) is 16.1 Å². The number of nitrogens with zero attached hydrogens (tertiary/aromatic N) is 2. The molecule has 3 aromatic rings. The monoisotopic (exact) mass is 387 g/mol. The Labute approximate surface area is 160 Å². The number of carbonyl (C=O) groups excluding carboxylic acids is 1. The molecule has 1 aromatic heterocycles. The summed E-state index contributed by atoms with van der Waals surface area (Å²) < 4.78 is 39.1. The number of amides is 1. The van der Waals surface area contributed by atoms with Crippen molar-refractivity contribution < 1.29 is 22.7 Å². The molecular formula is C20H19F2N3O3. The van der Waals surface area contributed by atoms with Crippen molar-refractivity contribution in [2.75, 3.05) is 20.8 Å². The van der Waals surface area contributed by atoms with E-state index in [0.717, 1.165) is 17.7 Å². The van der Waals surface area contributed by atoms with E-state index in [4.69, 9.17) is 14.9 Å². The van der Waals surface area contributed by atoms with Gasteiger partial charge in [-0.1, -0.05) is 30.3 Å². The molecule has 2 N–H and O–H groups in total. The highest BCUT2D eigenvalue weighted by atomic mass is 19.1. The van der Waals surface area contributed by atoms with Gasteiger partial charge in [-0.3, -0.25) is 9.69 Å². The Balaban J connectivity index is 1.93. The van der Waals surface area contributed by atoms with E-state index < -0.39 is 23.1 Å². The topological polar surface area (TPSA) is 81.6 Å². The van der Waals surface area contributed by atoms with Gasteiger partial charge < -0.3 is 14.9 Å². The summed E-state index contributed by atoms with van der Waals surface area (Å²) in [5.41, 5.74) is 6.13. The highest BCUT2D eigenvalue weighted by Gasteiger charge is 2.24. The summed E-state index contributed by atoms with van der Waals surface area (Å²) in [5, 5.41) is 0. The number of carbonyl (C=O) groups is 1. The quantitative estimate of drug-likeness (QED) is 0.628. The lowest BCUT2D eigenvalue weighted by Gasteiger charge is -2.10. The maximum absolute atomic E-state index is 14.0. The van der Waals surface area contributed by atoms with Crippen molar-refractivity contribution >= 4 is 5.91 Å². The van der Waals surface area contributed by atoms with Gasteiger partial charge >= 0.3 is 0 Å². The Morgan fingerprint density at radius 3 is 2.36 bits per heavy atom. The minimum Gasteiger partial charge on any atom is -0.435 e. The summed E-state index contributed by atoms with van der Waals surface area (Å²) in [6, 6.07) is 10.4. The number of primary amides is 1. The number of nitrogens with two attached hydrogens (primary N) is 1. The van der Waals surface area contributed by atoms with Crippen LogP contribution in [0.4, 0.5) is 8.78 Å². The standard InChI is InChI=1S/C20H19F2N3O3/c1-25(2)11-27-10-12-6-8-13(9-7-12)18-17(19(23)26)24-20(28-18)16-14(21)4-3-5-15(16)22/h3-9H,10-11H2,1-2H3,(H2,23,26). The van der Waals surface area contributed by atoms with Gasteiger partial charge in [0.1, 0.15) is 17.2 Å². The van der Waals surface area contributed by atoms with Crippen LogP contribution in [0.2, 0.25) is 0 Å². The highest BCUT2D eigenvalue weighted by molar-refractivity contribution is 5.97. The van der Waals surface area contributed by atoms with Crippen LogP contribution in [0.3, 0.4) is 0 Å². The SMILES string of the molecule is CN(C)COCc1ccc(-c2oc(-c3c(F)cccc3F)nc2C(N)=O)cc1. The predicted molar refractivity (Wildman–Crippen MR) is 99.2 cm³/mol.